The van der Waals surface area contributed by atoms with Crippen LogP contribution in [0.5, 0.6) is 0 Å². The van der Waals surface area contributed by atoms with Gasteiger partial charge in [0.1, 0.15) is 0 Å². The number of aromatic nitrogens is 2. The molecule has 2 aromatic heterocycles. The molecule has 2 N–H and O–H groups in total. The summed E-state index contributed by atoms with van der Waals surface area (Å²) in [6, 6.07) is 137. The van der Waals surface area contributed by atoms with Crippen LogP contribution in [-0.4, -0.2) is 9.13 Å². The Bertz CT molecular complexity index is 6240. The Kier molecular flexibility index (Phi) is 15.4. The van der Waals surface area contributed by atoms with Gasteiger partial charge in [0.15, 0.2) is 0 Å². The van der Waals surface area contributed by atoms with E-state index in [2.05, 4.69) is 372 Å². The zero-order chi connectivity index (χ0) is 67.3. The molecule has 0 unspecified atom stereocenters. The van der Waals surface area contributed by atoms with Crippen LogP contribution in [0.4, 0.5) is 22.7 Å². The van der Waals surface area contributed by atoms with Crippen molar-refractivity contribution in [3.05, 3.63) is 387 Å². The molecule has 0 bridgehead atoms. The van der Waals surface area contributed by atoms with Crippen molar-refractivity contribution in [2.24, 2.45) is 0 Å². The topological polar surface area (TPSA) is 39.1 Å². The number of hydrogen-bond donors (Lipinski definition) is 1. The predicted octanol–water partition coefficient (Wildman–Crippen LogP) is 26.9. The third-order valence-corrected chi connectivity index (χ3v) is 20.3. The Morgan fingerprint density at radius 3 is 0.772 bits per heavy atom. The van der Waals surface area contributed by atoms with E-state index in [4.69, 9.17) is 17.3 Å². The maximum absolute atomic E-state index is 6.01. The van der Waals surface area contributed by atoms with Crippen LogP contribution in [-0.2, 0) is 0 Å². The van der Waals surface area contributed by atoms with Crippen molar-refractivity contribution in [1.29, 1.82) is 0 Å². The molecule has 0 saturated carbocycles. The van der Waals surface area contributed by atoms with Crippen molar-refractivity contribution in [3.8, 4) is 44.8 Å². The third kappa shape index (κ3) is 11.0. The monoisotopic (exact) mass is 1310 g/mol. The zero-order valence-electron chi connectivity index (χ0n) is 55.2. The summed E-state index contributed by atoms with van der Waals surface area (Å²) in [5.41, 5.74) is 24.3. The highest BCUT2D eigenvalue weighted by Crippen LogP contribution is 2.43. The van der Waals surface area contributed by atoms with Crippen LogP contribution in [0.3, 0.4) is 0 Å². The van der Waals surface area contributed by atoms with E-state index in [0.29, 0.717) is 0 Å². The molecule has 20 aromatic rings. The molecule has 101 heavy (non-hydrogen) atoms. The number of nitrogen functional groups attached to an aromatic ring is 1. The van der Waals surface area contributed by atoms with Gasteiger partial charge in [-0.25, -0.2) is 0 Å². The smallest absolute Gasteiger partial charge is 0.0541 e. The lowest BCUT2D eigenvalue weighted by molar-refractivity contribution is 1.17. The second kappa shape index (κ2) is 25.8. The first-order chi connectivity index (χ1) is 49.9. The van der Waals surface area contributed by atoms with Crippen LogP contribution in [0.2, 0.25) is 5.02 Å². The fourth-order valence-corrected chi connectivity index (χ4v) is 15.4. The van der Waals surface area contributed by atoms with Crippen molar-refractivity contribution >= 4 is 143 Å². The lowest BCUT2D eigenvalue weighted by Crippen LogP contribution is -2.10. The minimum atomic E-state index is 0.767. The van der Waals surface area contributed by atoms with E-state index >= 15 is 0 Å². The number of rotatable bonds is 8. The molecule has 0 saturated heterocycles. The summed E-state index contributed by atoms with van der Waals surface area (Å²) < 4.78 is 4.66. The molecule has 20 rings (SSSR count). The van der Waals surface area contributed by atoms with Gasteiger partial charge >= 0.3 is 0 Å². The van der Waals surface area contributed by atoms with Gasteiger partial charge in [-0.15, -0.1) is 0 Å². The highest BCUT2D eigenvalue weighted by Gasteiger charge is 2.19. The van der Waals surface area contributed by atoms with E-state index in [0.717, 1.165) is 39.1 Å². The zero-order valence-corrected chi connectivity index (χ0v) is 55.9. The predicted molar refractivity (Wildman–Crippen MR) is 433 cm³/mol. The number of nitrogens with two attached hydrogens (primary N) is 1. The van der Waals surface area contributed by atoms with Gasteiger partial charge in [0.05, 0.1) is 22.1 Å². The summed E-state index contributed by atoms with van der Waals surface area (Å²) in [4.78, 5) is 2.38. The Labute approximate surface area is 590 Å². The minimum absolute atomic E-state index is 0.767. The summed E-state index contributed by atoms with van der Waals surface area (Å²) in [6.45, 7) is 0. The first kappa shape index (κ1) is 60.4. The van der Waals surface area contributed by atoms with Crippen LogP contribution in [0.1, 0.15) is 0 Å². The van der Waals surface area contributed by atoms with E-state index in [-0.39, 0.29) is 0 Å². The second-order valence-corrected chi connectivity index (χ2v) is 26.3. The van der Waals surface area contributed by atoms with Crippen LogP contribution < -0.4 is 10.6 Å². The molecule has 0 aliphatic carbocycles. The van der Waals surface area contributed by atoms with Gasteiger partial charge in [0.25, 0.3) is 0 Å². The highest BCUT2D eigenvalue weighted by atomic mass is 35.5. The maximum atomic E-state index is 6.01. The van der Waals surface area contributed by atoms with Crippen molar-refractivity contribution < 1.29 is 0 Å². The fraction of sp³-hybridized carbons (Fsp3) is 0. The molecule has 0 radical (unpaired) electrons. The second-order valence-electron chi connectivity index (χ2n) is 25.9. The van der Waals surface area contributed by atoms with Crippen LogP contribution in [0.25, 0.3) is 153 Å². The summed E-state index contributed by atoms with van der Waals surface area (Å²) in [7, 11) is 0. The number of benzene rings is 18. The van der Waals surface area contributed by atoms with Crippen molar-refractivity contribution in [1.82, 2.24) is 9.13 Å². The summed E-state index contributed by atoms with van der Waals surface area (Å²) in [5.74, 6) is 0. The average molecular weight is 1310 g/mol. The molecule has 0 spiro atoms. The summed E-state index contributed by atoms with van der Waals surface area (Å²) in [5, 5.41) is 21.1. The van der Waals surface area contributed by atoms with Gasteiger partial charge in [0.2, 0.25) is 0 Å². The molecule has 0 atom stereocenters. The number of para-hydroxylation sites is 4. The average Bonchev–Trinajstić information content (AvgIpc) is 1.65. The van der Waals surface area contributed by atoms with Gasteiger partial charge in [0, 0.05) is 60.7 Å². The number of anilines is 4. The maximum Gasteiger partial charge on any atom is 0.0541 e. The fourth-order valence-electron chi connectivity index (χ4n) is 15.3. The van der Waals surface area contributed by atoms with E-state index in [1.807, 2.05) is 24.3 Å². The summed E-state index contributed by atoms with van der Waals surface area (Å²) >= 11 is 6.01. The van der Waals surface area contributed by atoms with Gasteiger partial charge in [-0.2, -0.15) is 0 Å². The first-order valence-electron chi connectivity index (χ1n) is 34.4. The Morgan fingerprint density at radius 2 is 0.455 bits per heavy atom. The molecule has 4 nitrogen and oxygen atoms in total. The molecule has 0 amide bonds. The molecule has 0 fully saturated rings. The van der Waals surface area contributed by atoms with Crippen molar-refractivity contribution in [3.63, 3.8) is 0 Å². The highest BCUT2D eigenvalue weighted by molar-refractivity contribution is 6.30. The molecule has 0 aliphatic rings. The van der Waals surface area contributed by atoms with E-state index in [1.165, 1.54) is 142 Å². The molecule has 18 aromatic carbocycles. The van der Waals surface area contributed by atoms with Crippen molar-refractivity contribution in [2.45, 2.75) is 0 Å². The van der Waals surface area contributed by atoms with Crippen LogP contribution >= 0.6 is 11.6 Å². The summed E-state index contributed by atoms with van der Waals surface area (Å²) in [6.07, 6.45) is 0. The Morgan fingerprint density at radius 1 is 0.218 bits per heavy atom. The van der Waals surface area contributed by atoms with Crippen LogP contribution in [0, 0.1) is 0 Å². The van der Waals surface area contributed by atoms with E-state index < -0.39 is 0 Å². The number of halogens is 1. The Balaban J connectivity index is 0.000000144. The van der Waals surface area contributed by atoms with E-state index in [1.54, 1.807) is 0 Å². The van der Waals surface area contributed by atoms with Gasteiger partial charge < -0.3 is 19.8 Å². The number of fused-ring (bicyclic) bond motifs is 15. The molecule has 0 aliphatic heterocycles. The quantitative estimate of drug-likeness (QED) is 0.122. The molecule has 5 heteroatoms. The SMILES string of the molecule is Clc1ccc(-c2cc3ccccc3c3ccccc23)cc1.Nc1ccc(-n2c3ccccc3c3ccccc32)cc1.c1ccc2c(c1)cc(-c1ccc(N(c3ccc(-c4cc5ccccc5c5ccccc45)cc3)c3ccc(-n4c5ccccc5c5ccccc54)cc3)cc1)c1ccccc12. The third-order valence-electron chi connectivity index (χ3n) is 20.0. The minimum Gasteiger partial charge on any atom is -0.399 e. The molecule has 2 heterocycles. The normalized spacial score (nSPS) is 11.5. The van der Waals surface area contributed by atoms with E-state index in [9.17, 15) is 0 Å². The van der Waals surface area contributed by atoms with Crippen molar-refractivity contribution in [2.75, 3.05) is 10.6 Å². The van der Waals surface area contributed by atoms with Crippen LogP contribution in [0.15, 0.2) is 382 Å². The lowest BCUT2D eigenvalue weighted by atomic mass is 9.93. The molecule has 476 valence electrons. The first-order valence-corrected chi connectivity index (χ1v) is 34.7. The lowest BCUT2D eigenvalue weighted by Gasteiger charge is -2.26. The van der Waals surface area contributed by atoms with Gasteiger partial charge in [-0.05, 0) is 225 Å². The largest absolute Gasteiger partial charge is 0.399 e. The number of nitrogens with zero attached hydrogens (tertiary/aromatic N) is 3. The standard InChI is InChI=1S/C58H38N2.C20H13Cl.C18H14N2/c1-3-15-47-41(13-1)37-55(51-19-7-5-17-49(47)51)39-25-29-43(30-26-39)59(45-33-35-46(36-34-45)60-57-23-11-9-21-53(57)54-22-10-12-24-58(54)60)44-31-27-40(28-32-44)56-38-42-14-2-4-16-48(42)50-18-6-8-20-52(50)56;21-16-11-9-14(10-12-16)20-13-15-5-1-2-6-17(15)18-7-3-4-8-19(18)20;19-13-9-11-14(12-10-13)20-17-7-3-1-5-15(17)16-6-2-4-8-18(16)20/h1-38H;1-13H;1-12H,19H2. The number of hydrogen-bond acceptors (Lipinski definition) is 2. The van der Waals surface area contributed by atoms with Gasteiger partial charge in [-0.3, -0.25) is 0 Å². The van der Waals surface area contributed by atoms with Gasteiger partial charge in [-0.1, -0.05) is 266 Å². The molecular weight excluding hydrogens is 1240 g/mol. The Hall–Kier alpha value is -13.0. The molecular formula is C96H65ClN4.